The summed E-state index contributed by atoms with van der Waals surface area (Å²) in [6.45, 7) is 22.8. The van der Waals surface area contributed by atoms with E-state index in [0.29, 0.717) is 45.2 Å². The third-order valence-corrected chi connectivity index (χ3v) is 21.7. The lowest BCUT2D eigenvalue weighted by molar-refractivity contribution is -0.318. The van der Waals surface area contributed by atoms with Gasteiger partial charge in [-0.3, -0.25) is 19.3 Å². The molecule has 3 saturated carbocycles. The molecule has 7 N–H and O–H groups in total. The Kier molecular flexibility index (Phi) is 20.4. The number of aliphatic hydroxyl groups is 6. The molecule has 3 saturated heterocycles. The van der Waals surface area contributed by atoms with Crippen LogP contribution in [0.3, 0.4) is 0 Å². The molecule has 25 atom stereocenters. The highest BCUT2D eigenvalue weighted by molar-refractivity contribution is 5.91. The number of ketones is 1. The average molecular weight is 1140 g/mol. The van der Waals surface area contributed by atoms with Gasteiger partial charge in [-0.1, -0.05) is 40.2 Å². The molecule has 19 nitrogen and oxygen atoms in total. The Labute approximate surface area is 477 Å². The monoisotopic (exact) mass is 1140 g/mol. The number of carbonyl (C=O) groups is 3. The fraction of sp³-hybridized carbons (Fsp3) is 0.918. The van der Waals surface area contributed by atoms with Crippen molar-refractivity contribution in [2.24, 2.45) is 46.3 Å². The predicted octanol–water partition coefficient (Wildman–Crippen LogP) is 4.67. The lowest BCUT2D eigenvalue weighted by Crippen LogP contribution is -2.64. The molecular weight excluding hydrogens is 1030 g/mol. The van der Waals surface area contributed by atoms with Crippen LogP contribution in [0.5, 0.6) is 0 Å². The normalized spacial score (nSPS) is 49.1. The van der Waals surface area contributed by atoms with E-state index in [1.165, 1.54) is 14.0 Å². The summed E-state index contributed by atoms with van der Waals surface area (Å²) in [5.41, 5.74) is -5.67. The number of cyclic esters (lactones) is 1. The molecule has 9 unspecified atom stereocenters. The second-order valence-corrected chi connectivity index (χ2v) is 27.5. The molecule has 6 fully saturated rings. The van der Waals surface area contributed by atoms with E-state index in [1.807, 2.05) is 57.7 Å². The highest BCUT2D eigenvalue weighted by atomic mass is 16.7. The number of carbonyl (C=O) groups excluding carboxylic acids is 3. The molecule has 4 aliphatic carbocycles. The van der Waals surface area contributed by atoms with Crippen LogP contribution in [0.2, 0.25) is 0 Å². The summed E-state index contributed by atoms with van der Waals surface area (Å²) >= 11 is 0. The molecule has 80 heavy (non-hydrogen) atoms. The summed E-state index contributed by atoms with van der Waals surface area (Å²) in [6, 6.07) is -1.07. The molecule has 7 rings (SSSR count). The number of aliphatic hydroxyl groups excluding tert-OH is 4. The maximum absolute atomic E-state index is 14.8. The van der Waals surface area contributed by atoms with Gasteiger partial charge in [0, 0.05) is 70.1 Å². The van der Waals surface area contributed by atoms with Crippen molar-refractivity contribution in [3.8, 4) is 0 Å². The Balaban J connectivity index is 1.15. The summed E-state index contributed by atoms with van der Waals surface area (Å²) in [4.78, 5) is 46.0. The molecule has 3 aliphatic heterocycles. The van der Waals surface area contributed by atoms with Crippen LogP contribution in [0, 0.1) is 46.3 Å². The van der Waals surface area contributed by atoms with Gasteiger partial charge in [0.25, 0.3) is 5.91 Å². The van der Waals surface area contributed by atoms with Gasteiger partial charge >= 0.3 is 5.97 Å². The number of methoxy groups -OCH3 is 2. The Hall–Kier alpha value is -2.21. The van der Waals surface area contributed by atoms with E-state index in [2.05, 4.69) is 19.2 Å². The number of fused-ring (bicyclic) bond motifs is 5. The number of esters is 1. The standard InChI is InChI=1S/C61H105N3O16/c1-17-45-60(12,73)50(68)37(6)64(26-18-25-62-55(71)61(75-16)24-22-42-41-20-19-39-28-40(65)21-23-56(39,8)47(41)44(66)30-57(42,61)9)32-33(2)29-58(10,72)52(80-54-48(67)43(63(13)14)27-34(3)76-54)35(4)49(36(5)53(70)78-45)79-46-31-59(11,74-15)51(69)38(7)77-46/h28,33-38,41-52,54,66-69,72-73H,17-27,29-32H2,1-16H3,(H,62,71)/t33-,34?,35+,36-,37-,38?,41?,42?,43-,44+,45-,46?,47?,48-,49?,50-,51-,52?,54?,56+,57+,58-,59+,60-,61+/m1/s1. The van der Waals surface area contributed by atoms with Crippen molar-refractivity contribution in [3.05, 3.63) is 11.6 Å². The number of likely N-dealkylation sites (N-methyl/N-ethyl adjacent to an activating group) is 1. The number of nitrogens with zero attached hydrogens (tertiary/aromatic N) is 2. The summed E-state index contributed by atoms with van der Waals surface area (Å²) in [5, 5.41) is 76.2. The molecule has 0 aromatic carbocycles. The van der Waals surface area contributed by atoms with Gasteiger partial charge in [-0.25, -0.2) is 0 Å². The first-order valence-electron chi connectivity index (χ1n) is 30.3. The van der Waals surface area contributed by atoms with Crippen LogP contribution >= 0.6 is 0 Å². The number of hydrogen-bond acceptors (Lipinski definition) is 18. The zero-order valence-corrected chi connectivity index (χ0v) is 51.3. The van der Waals surface area contributed by atoms with Crippen molar-refractivity contribution in [3.63, 3.8) is 0 Å². The van der Waals surface area contributed by atoms with Gasteiger partial charge < -0.3 is 74.0 Å². The number of hydrogen-bond donors (Lipinski definition) is 7. The first-order valence-corrected chi connectivity index (χ1v) is 30.3. The lowest BCUT2D eigenvalue weighted by Gasteiger charge is -2.60. The van der Waals surface area contributed by atoms with Crippen LogP contribution in [0.15, 0.2) is 11.6 Å². The molecule has 0 bridgehead atoms. The average Bonchev–Trinajstić information content (AvgIpc) is 3.35. The minimum Gasteiger partial charge on any atom is -0.459 e. The van der Waals surface area contributed by atoms with Crippen LogP contribution in [-0.4, -0.2) is 208 Å². The molecule has 0 radical (unpaired) electrons. The Morgan fingerprint density at radius 1 is 0.875 bits per heavy atom. The Morgan fingerprint density at radius 2 is 1.56 bits per heavy atom. The molecule has 19 heteroatoms. The largest absolute Gasteiger partial charge is 0.459 e. The Morgan fingerprint density at radius 3 is 2.20 bits per heavy atom. The van der Waals surface area contributed by atoms with Gasteiger partial charge in [0.1, 0.15) is 30.0 Å². The zero-order chi connectivity index (χ0) is 59.4. The molecule has 0 spiro atoms. The number of amides is 1. The fourth-order valence-electron chi connectivity index (χ4n) is 17.0. The van der Waals surface area contributed by atoms with Crippen molar-refractivity contribution >= 4 is 17.7 Å². The fourth-order valence-corrected chi connectivity index (χ4v) is 17.0. The van der Waals surface area contributed by atoms with E-state index < -0.39 is 113 Å². The van der Waals surface area contributed by atoms with Crippen LogP contribution in [0.4, 0.5) is 0 Å². The second-order valence-electron chi connectivity index (χ2n) is 27.5. The summed E-state index contributed by atoms with van der Waals surface area (Å²) < 4.78 is 44.8. The van der Waals surface area contributed by atoms with E-state index in [-0.39, 0.29) is 78.7 Å². The molecule has 1 amide bonds. The molecule has 0 aromatic rings. The van der Waals surface area contributed by atoms with Crippen LogP contribution in [-0.2, 0) is 47.5 Å². The van der Waals surface area contributed by atoms with Crippen molar-refractivity contribution in [2.45, 2.75) is 262 Å². The predicted molar refractivity (Wildman–Crippen MR) is 299 cm³/mol. The third kappa shape index (κ3) is 12.3. The van der Waals surface area contributed by atoms with Crippen molar-refractivity contribution in [1.29, 1.82) is 0 Å². The second kappa shape index (κ2) is 25.0. The quantitative estimate of drug-likeness (QED) is 0.0978. The molecule has 7 aliphatic rings. The van der Waals surface area contributed by atoms with Gasteiger partial charge in [0.2, 0.25) is 0 Å². The van der Waals surface area contributed by atoms with E-state index >= 15 is 0 Å². The van der Waals surface area contributed by atoms with E-state index in [9.17, 15) is 45.0 Å². The van der Waals surface area contributed by atoms with Crippen LogP contribution < -0.4 is 5.32 Å². The lowest BCUT2D eigenvalue weighted by atomic mass is 9.45. The highest BCUT2D eigenvalue weighted by Crippen LogP contribution is 2.68. The van der Waals surface area contributed by atoms with Crippen molar-refractivity contribution in [2.75, 3.05) is 47.9 Å². The Bertz CT molecular complexity index is 2180. The SMILES string of the molecule is CC[C@H]1OC(=O)[C@H](C)C(OC2C[C@](C)(OC)[C@H](O)C(C)O2)[C@H](C)C(OC2OC(C)C[C@@H](N(C)C)[C@H]2O)[C@](C)(O)C[C@@H](C)CN(CCCNC(=O)[C@@]2(OC)CCC3C4CCC5=CC(=O)CC[C@]5(C)C4[C@@H](O)C[C@@]32C)[C@H](C)[C@@H](O)[C@]1(C)O. The topological polar surface area (TPSA) is 256 Å². The zero-order valence-electron chi connectivity index (χ0n) is 51.3. The van der Waals surface area contributed by atoms with Crippen LogP contribution in [0.25, 0.3) is 0 Å². The number of ether oxygens (including phenoxy) is 7. The minimum absolute atomic E-state index is 0.00300. The van der Waals surface area contributed by atoms with Gasteiger partial charge in [0.15, 0.2) is 24.0 Å². The molecule has 460 valence electrons. The first-order chi connectivity index (χ1) is 37.3. The third-order valence-electron chi connectivity index (χ3n) is 21.7. The highest BCUT2D eigenvalue weighted by Gasteiger charge is 2.69. The molecule has 0 aromatic heterocycles. The van der Waals surface area contributed by atoms with Crippen molar-refractivity contribution in [1.82, 2.24) is 15.1 Å². The van der Waals surface area contributed by atoms with E-state index in [0.717, 1.165) is 31.3 Å². The number of nitrogens with one attached hydrogen (secondary N) is 1. The summed E-state index contributed by atoms with van der Waals surface area (Å²) in [6.07, 6.45) is -3.19. The van der Waals surface area contributed by atoms with E-state index in [4.69, 9.17) is 33.2 Å². The van der Waals surface area contributed by atoms with Gasteiger partial charge in [0.05, 0.1) is 47.6 Å². The van der Waals surface area contributed by atoms with Gasteiger partial charge in [-0.05, 0) is 162 Å². The maximum atomic E-state index is 14.8. The molecule has 3 heterocycles. The number of rotatable bonds is 13. The summed E-state index contributed by atoms with van der Waals surface area (Å²) in [5.74, 6) is -2.73. The molecular formula is C61H105N3O16. The first kappa shape index (κ1) is 65.3. The van der Waals surface area contributed by atoms with Crippen LogP contribution in [0.1, 0.15) is 160 Å². The van der Waals surface area contributed by atoms with Gasteiger partial charge in [-0.15, -0.1) is 0 Å². The van der Waals surface area contributed by atoms with Gasteiger partial charge in [-0.2, -0.15) is 0 Å². The smallest absolute Gasteiger partial charge is 0.311 e. The van der Waals surface area contributed by atoms with E-state index in [1.54, 1.807) is 41.7 Å². The maximum Gasteiger partial charge on any atom is 0.311 e. The summed E-state index contributed by atoms with van der Waals surface area (Å²) in [7, 11) is 6.85. The minimum atomic E-state index is -1.96. The number of allylic oxidation sites excluding steroid dienone is 1. The van der Waals surface area contributed by atoms with Crippen molar-refractivity contribution < 1.29 is 78.2 Å².